The first-order chi connectivity index (χ1) is 8.70. The molecule has 0 aliphatic rings. The van der Waals surface area contributed by atoms with E-state index in [0.29, 0.717) is 6.42 Å². The van der Waals surface area contributed by atoms with E-state index in [9.17, 15) is 5.11 Å². The molecule has 2 heteroatoms. The highest BCUT2D eigenvalue weighted by atomic mass is 16.3. The van der Waals surface area contributed by atoms with E-state index in [-0.39, 0.29) is 0 Å². The summed E-state index contributed by atoms with van der Waals surface area (Å²) in [5, 5.41) is 10.3. The molecule has 0 bridgehead atoms. The van der Waals surface area contributed by atoms with Crippen molar-refractivity contribution in [2.75, 3.05) is 0 Å². The number of aliphatic hydroxyl groups excluding tert-OH is 1. The summed E-state index contributed by atoms with van der Waals surface area (Å²) in [6.07, 6.45) is 4.76. The molecule has 1 atom stereocenters. The third-order valence-corrected chi connectivity index (χ3v) is 3.28. The highest BCUT2D eigenvalue weighted by Crippen LogP contribution is 2.21. The molecule has 1 aromatic heterocycles. The lowest BCUT2D eigenvalue weighted by molar-refractivity contribution is 0.177. The lowest BCUT2D eigenvalue weighted by atomic mass is 9.98. The summed E-state index contributed by atoms with van der Waals surface area (Å²) >= 11 is 0. The van der Waals surface area contributed by atoms with Gasteiger partial charge in [0.15, 0.2) is 0 Å². The van der Waals surface area contributed by atoms with Crippen molar-refractivity contribution in [1.29, 1.82) is 0 Å². The molecule has 1 N–H and O–H groups in total. The summed E-state index contributed by atoms with van der Waals surface area (Å²) in [5.74, 6) is 0. The zero-order valence-electron chi connectivity index (χ0n) is 10.9. The fourth-order valence-electron chi connectivity index (χ4n) is 2.10. The van der Waals surface area contributed by atoms with Crippen LogP contribution in [0, 0.1) is 6.92 Å². The molecule has 0 spiro atoms. The maximum Gasteiger partial charge on any atom is 0.0834 e. The van der Waals surface area contributed by atoms with Gasteiger partial charge < -0.3 is 5.11 Å². The van der Waals surface area contributed by atoms with Gasteiger partial charge in [0.05, 0.1) is 6.10 Å². The zero-order chi connectivity index (χ0) is 13.0. The van der Waals surface area contributed by atoms with Crippen molar-refractivity contribution in [2.45, 2.75) is 32.8 Å². The number of rotatable bonds is 4. The Morgan fingerprint density at radius 1 is 1.11 bits per heavy atom. The Morgan fingerprint density at radius 3 is 2.39 bits per heavy atom. The van der Waals surface area contributed by atoms with Crippen LogP contribution in [0.2, 0.25) is 0 Å². The Bertz CT molecular complexity index is 505. The number of pyridine rings is 1. The van der Waals surface area contributed by atoms with Crippen LogP contribution in [0.4, 0.5) is 0 Å². The molecule has 2 nitrogen and oxygen atoms in total. The number of hydrogen-bond donors (Lipinski definition) is 1. The van der Waals surface area contributed by atoms with Crippen molar-refractivity contribution in [1.82, 2.24) is 4.98 Å². The van der Waals surface area contributed by atoms with Gasteiger partial charge >= 0.3 is 0 Å². The standard InChI is InChI=1S/C16H19NO/c1-3-13-4-6-14(7-5-13)10-16(18)15-8-9-17-11-12(15)2/h4-9,11,16,18H,3,10H2,1-2H3. The maximum absolute atomic E-state index is 10.3. The predicted molar refractivity (Wildman–Crippen MR) is 73.5 cm³/mol. The normalized spacial score (nSPS) is 12.4. The van der Waals surface area contributed by atoms with Crippen LogP contribution in [0.25, 0.3) is 0 Å². The molecule has 2 aromatic rings. The largest absolute Gasteiger partial charge is 0.388 e. The van der Waals surface area contributed by atoms with Gasteiger partial charge in [0.2, 0.25) is 0 Å². The molecule has 0 aliphatic carbocycles. The van der Waals surface area contributed by atoms with Crippen molar-refractivity contribution < 1.29 is 5.11 Å². The van der Waals surface area contributed by atoms with Crippen LogP contribution in [0.3, 0.4) is 0 Å². The Balaban J connectivity index is 2.11. The minimum atomic E-state index is -0.458. The second kappa shape index (κ2) is 5.78. The second-order valence-electron chi connectivity index (χ2n) is 4.62. The number of nitrogens with zero attached hydrogens (tertiary/aromatic N) is 1. The molecule has 0 saturated heterocycles. The number of benzene rings is 1. The molecular formula is C16H19NO. The van der Waals surface area contributed by atoms with Gasteiger partial charge in [0.25, 0.3) is 0 Å². The topological polar surface area (TPSA) is 33.1 Å². The van der Waals surface area contributed by atoms with Crippen molar-refractivity contribution in [2.24, 2.45) is 0 Å². The van der Waals surface area contributed by atoms with Crippen LogP contribution in [0.5, 0.6) is 0 Å². The first kappa shape index (κ1) is 12.8. The SMILES string of the molecule is CCc1ccc(CC(O)c2ccncc2C)cc1. The second-order valence-corrected chi connectivity index (χ2v) is 4.62. The molecule has 0 saturated carbocycles. The molecule has 1 aromatic carbocycles. The minimum Gasteiger partial charge on any atom is -0.388 e. The lowest BCUT2D eigenvalue weighted by Gasteiger charge is -2.13. The van der Waals surface area contributed by atoms with Gasteiger partial charge in [0.1, 0.15) is 0 Å². The molecule has 94 valence electrons. The van der Waals surface area contributed by atoms with Gasteiger partial charge in [0, 0.05) is 18.8 Å². The summed E-state index contributed by atoms with van der Waals surface area (Å²) in [4.78, 5) is 4.05. The van der Waals surface area contributed by atoms with E-state index in [0.717, 1.165) is 23.1 Å². The van der Waals surface area contributed by atoms with E-state index in [1.54, 1.807) is 12.4 Å². The predicted octanol–water partition coefficient (Wildman–Crippen LogP) is 3.23. The molecule has 2 rings (SSSR count). The average Bonchev–Trinajstić information content (AvgIpc) is 2.40. The monoisotopic (exact) mass is 241 g/mol. The van der Waals surface area contributed by atoms with Crippen molar-refractivity contribution in [3.05, 3.63) is 65.0 Å². The smallest absolute Gasteiger partial charge is 0.0834 e. The third kappa shape index (κ3) is 2.96. The zero-order valence-corrected chi connectivity index (χ0v) is 10.9. The Kier molecular flexibility index (Phi) is 4.11. The van der Waals surface area contributed by atoms with Crippen LogP contribution < -0.4 is 0 Å². The number of aliphatic hydroxyl groups is 1. The van der Waals surface area contributed by atoms with E-state index in [1.807, 2.05) is 13.0 Å². The molecule has 18 heavy (non-hydrogen) atoms. The van der Waals surface area contributed by atoms with E-state index in [1.165, 1.54) is 5.56 Å². The first-order valence-corrected chi connectivity index (χ1v) is 6.37. The fourth-order valence-corrected chi connectivity index (χ4v) is 2.10. The van der Waals surface area contributed by atoms with Crippen molar-refractivity contribution in [3.8, 4) is 0 Å². The number of hydrogen-bond acceptors (Lipinski definition) is 2. The van der Waals surface area contributed by atoms with Crippen LogP contribution in [0.15, 0.2) is 42.7 Å². The van der Waals surface area contributed by atoms with Gasteiger partial charge in [-0.3, -0.25) is 4.98 Å². The maximum atomic E-state index is 10.3. The highest BCUT2D eigenvalue weighted by molar-refractivity contribution is 5.28. The molecule has 1 heterocycles. The Morgan fingerprint density at radius 2 is 1.78 bits per heavy atom. The lowest BCUT2D eigenvalue weighted by Crippen LogP contribution is -2.04. The molecular weight excluding hydrogens is 222 g/mol. The van der Waals surface area contributed by atoms with E-state index in [2.05, 4.69) is 36.2 Å². The first-order valence-electron chi connectivity index (χ1n) is 6.37. The summed E-state index contributed by atoms with van der Waals surface area (Å²) in [6, 6.07) is 10.3. The molecule has 1 unspecified atom stereocenters. The Labute approximate surface area is 108 Å². The van der Waals surface area contributed by atoms with Crippen molar-refractivity contribution in [3.63, 3.8) is 0 Å². The van der Waals surface area contributed by atoms with Gasteiger partial charge in [-0.25, -0.2) is 0 Å². The van der Waals surface area contributed by atoms with E-state index in [4.69, 9.17) is 0 Å². The third-order valence-electron chi connectivity index (χ3n) is 3.28. The van der Waals surface area contributed by atoms with Gasteiger partial charge in [-0.15, -0.1) is 0 Å². The highest BCUT2D eigenvalue weighted by Gasteiger charge is 2.10. The molecule has 0 amide bonds. The summed E-state index contributed by atoms with van der Waals surface area (Å²) in [6.45, 7) is 4.12. The average molecular weight is 241 g/mol. The molecule has 0 radical (unpaired) electrons. The minimum absolute atomic E-state index is 0.458. The van der Waals surface area contributed by atoms with Gasteiger partial charge in [-0.2, -0.15) is 0 Å². The van der Waals surface area contributed by atoms with Crippen LogP contribution in [-0.2, 0) is 12.8 Å². The Hall–Kier alpha value is -1.67. The van der Waals surface area contributed by atoms with Crippen molar-refractivity contribution >= 4 is 0 Å². The van der Waals surface area contributed by atoms with Gasteiger partial charge in [-0.05, 0) is 41.7 Å². The van der Waals surface area contributed by atoms with Crippen LogP contribution >= 0.6 is 0 Å². The molecule has 0 fully saturated rings. The summed E-state index contributed by atoms with van der Waals surface area (Å²) in [5.41, 5.74) is 4.49. The van der Waals surface area contributed by atoms with Crippen LogP contribution in [-0.4, -0.2) is 10.1 Å². The number of aromatic nitrogens is 1. The molecule has 0 aliphatic heterocycles. The van der Waals surface area contributed by atoms with E-state index < -0.39 is 6.10 Å². The van der Waals surface area contributed by atoms with E-state index >= 15 is 0 Å². The van der Waals surface area contributed by atoms with Crippen LogP contribution in [0.1, 0.15) is 35.3 Å². The number of aryl methyl sites for hydroxylation is 2. The fraction of sp³-hybridized carbons (Fsp3) is 0.312. The summed E-state index contributed by atoms with van der Waals surface area (Å²) in [7, 11) is 0. The van der Waals surface area contributed by atoms with Gasteiger partial charge in [-0.1, -0.05) is 31.2 Å². The summed E-state index contributed by atoms with van der Waals surface area (Å²) < 4.78 is 0. The quantitative estimate of drug-likeness (QED) is 0.891.